The largest absolute Gasteiger partial charge is 0.492 e. The highest BCUT2D eigenvalue weighted by Crippen LogP contribution is 2.26. The van der Waals surface area contributed by atoms with Crippen molar-refractivity contribution in [2.45, 2.75) is 6.92 Å². The molecule has 3 N–H and O–H groups in total. The minimum absolute atomic E-state index is 0.567. The number of hydrogen-bond acceptors (Lipinski definition) is 4. The van der Waals surface area contributed by atoms with Gasteiger partial charge in [-0.05, 0) is 40.5 Å². The lowest BCUT2D eigenvalue weighted by atomic mass is 10.2. The van der Waals surface area contributed by atoms with Gasteiger partial charge in [0, 0.05) is 12.7 Å². The van der Waals surface area contributed by atoms with E-state index in [1.165, 1.54) is 5.56 Å². The Morgan fingerprint density at radius 1 is 1.37 bits per heavy atom. The summed E-state index contributed by atoms with van der Waals surface area (Å²) in [6.07, 6.45) is 3.33. The number of aromatic nitrogens is 1. The summed E-state index contributed by atoms with van der Waals surface area (Å²) >= 11 is 3.41. The molecule has 0 aliphatic carbocycles. The Morgan fingerprint density at radius 3 is 2.95 bits per heavy atom. The van der Waals surface area contributed by atoms with Crippen molar-refractivity contribution in [3.05, 3.63) is 46.7 Å². The molecule has 1 aromatic carbocycles. The minimum Gasteiger partial charge on any atom is -0.492 e. The van der Waals surface area contributed by atoms with Gasteiger partial charge in [-0.25, -0.2) is 0 Å². The lowest BCUT2D eigenvalue weighted by molar-refractivity contribution is 0.332. The second-order valence-electron chi connectivity index (χ2n) is 4.18. The maximum atomic E-state index is 5.84. The summed E-state index contributed by atoms with van der Waals surface area (Å²) in [7, 11) is 0. The number of aryl methyl sites for hydroxylation is 1. The lowest BCUT2D eigenvalue weighted by Gasteiger charge is -2.11. The Labute approximate surface area is 121 Å². The first-order valence-electron chi connectivity index (χ1n) is 5.99. The van der Waals surface area contributed by atoms with Gasteiger partial charge in [-0.2, -0.15) is 0 Å². The number of anilines is 2. The molecule has 0 aliphatic heterocycles. The Kier molecular flexibility index (Phi) is 4.63. The molecule has 0 atom stereocenters. The SMILES string of the molecule is Cc1cccc(OCCNc2c(N)cncc2Br)c1. The predicted molar refractivity (Wildman–Crippen MR) is 81.5 cm³/mol. The van der Waals surface area contributed by atoms with Gasteiger partial charge in [-0.1, -0.05) is 12.1 Å². The fourth-order valence-corrected chi connectivity index (χ4v) is 2.17. The van der Waals surface area contributed by atoms with Crippen LogP contribution in [0.4, 0.5) is 11.4 Å². The zero-order chi connectivity index (χ0) is 13.7. The molecule has 0 unspecified atom stereocenters. The van der Waals surface area contributed by atoms with Crippen LogP contribution in [0.3, 0.4) is 0 Å². The first-order chi connectivity index (χ1) is 9.16. The van der Waals surface area contributed by atoms with Gasteiger partial charge in [-0.15, -0.1) is 0 Å². The molecule has 2 aromatic rings. The van der Waals surface area contributed by atoms with Crippen molar-refractivity contribution in [3.8, 4) is 5.75 Å². The molecule has 100 valence electrons. The Bertz CT molecular complexity index is 540. The summed E-state index contributed by atoms with van der Waals surface area (Å²) in [5.41, 5.74) is 8.49. The minimum atomic E-state index is 0.567. The summed E-state index contributed by atoms with van der Waals surface area (Å²) in [6.45, 7) is 3.28. The van der Waals surface area contributed by atoms with Gasteiger partial charge < -0.3 is 15.8 Å². The van der Waals surface area contributed by atoms with Crippen LogP contribution in [0.15, 0.2) is 41.1 Å². The summed E-state index contributed by atoms with van der Waals surface area (Å²) in [5, 5.41) is 3.23. The average molecular weight is 322 g/mol. The summed E-state index contributed by atoms with van der Waals surface area (Å²) in [5.74, 6) is 0.878. The van der Waals surface area contributed by atoms with E-state index in [0.29, 0.717) is 18.8 Å². The fraction of sp³-hybridized carbons (Fsp3) is 0.214. The smallest absolute Gasteiger partial charge is 0.119 e. The van der Waals surface area contributed by atoms with Crippen LogP contribution in [-0.4, -0.2) is 18.1 Å². The topological polar surface area (TPSA) is 60.2 Å². The van der Waals surface area contributed by atoms with Gasteiger partial charge in [0.05, 0.1) is 22.0 Å². The Balaban J connectivity index is 1.84. The van der Waals surface area contributed by atoms with E-state index >= 15 is 0 Å². The molecule has 2 rings (SSSR count). The molecule has 1 heterocycles. The van der Waals surface area contributed by atoms with Crippen LogP contribution >= 0.6 is 15.9 Å². The summed E-state index contributed by atoms with van der Waals surface area (Å²) < 4.78 is 6.50. The van der Waals surface area contributed by atoms with Crippen molar-refractivity contribution in [2.75, 3.05) is 24.2 Å². The Morgan fingerprint density at radius 2 is 2.21 bits per heavy atom. The molecule has 0 radical (unpaired) electrons. The summed E-state index contributed by atoms with van der Waals surface area (Å²) in [4.78, 5) is 3.99. The third kappa shape index (κ3) is 3.86. The second kappa shape index (κ2) is 6.43. The molecule has 0 saturated carbocycles. The highest BCUT2D eigenvalue weighted by molar-refractivity contribution is 9.10. The van der Waals surface area contributed by atoms with Crippen molar-refractivity contribution in [3.63, 3.8) is 0 Å². The number of ether oxygens (including phenoxy) is 1. The van der Waals surface area contributed by atoms with E-state index in [2.05, 4.69) is 26.2 Å². The molecule has 19 heavy (non-hydrogen) atoms. The van der Waals surface area contributed by atoms with Crippen LogP contribution in [0.2, 0.25) is 0 Å². The zero-order valence-corrected chi connectivity index (χ0v) is 12.3. The van der Waals surface area contributed by atoms with E-state index < -0.39 is 0 Å². The number of benzene rings is 1. The van der Waals surface area contributed by atoms with Crippen LogP contribution in [0, 0.1) is 6.92 Å². The highest BCUT2D eigenvalue weighted by Gasteiger charge is 2.03. The van der Waals surface area contributed by atoms with Crippen molar-refractivity contribution in [1.29, 1.82) is 0 Å². The maximum absolute atomic E-state index is 5.84. The average Bonchev–Trinajstić information content (AvgIpc) is 2.37. The standard InChI is InChI=1S/C14H16BrN3O/c1-10-3-2-4-11(7-10)19-6-5-18-14-12(15)8-17-9-13(14)16/h2-4,7-9H,5-6,16H2,1H3,(H,17,18). The highest BCUT2D eigenvalue weighted by atomic mass is 79.9. The number of nitrogens with two attached hydrogens (primary N) is 1. The second-order valence-corrected chi connectivity index (χ2v) is 5.03. The van der Waals surface area contributed by atoms with Crippen molar-refractivity contribution in [1.82, 2.24) is 4.98 Å². The molecule has 0 spiro atoms. The van der Waals surface area contributed by atoms with Gasteiger partial charge in [0.25, 0.3) is 0 Å². The van der Waals surface area contributed by atoms with Gasteiger partial charge in [-0.3, -0.25) is 4.98 Å². The van der Waals surface area contributed by atoms with Crippen molar-refractivity contribution in [2.24, 2.45) is 0 Å². The number of nitrogens with one attached hydrogen (secondary N) is 1. The van der Waals surface area contributed by atoms with Crippen LogP contribution < -0.4 is 15.8 Å². The van der Waals surface area contributed by atoms with Gasteiger partial charge in [0.1, 0.15) is 12.4 Å². The summed E-state index contributed by atoms with van der Waals surface area (Å²) in [6, 6.07) is 7.98. The monoisotopic (exact) mass is 321 g/mol. The molecule has 0 bridgehead atoms. The van der Waals surface area contributed by atoms with E-state index in [0.717, 1.165) is 15.9 Å². The molecule has 0 amide bonds. The number of nitrogen functional groups attached to an aromatic ring is 1. The first kappa shape index (κ1) is 13.7. The van der Waals surface area contributed by atoms with E-state index in [1.54, 1.807) is 12.4 Å². The molecule has 1 aromatic heterocycles. The maximum Gasteiger partial charge on any atom is 0.119 e. The number of pyridine rings is 1. The first-order valence-corrected chi connectivity index (χ1v) is 6.78. The fourth-order valence-electron chi connectivity index (χ4n) is 1.69. The zero-order valence-electron chi connectivity index (χ0n) is 10.7. The van der Waals surface area contributed by atoms with Gasteiger partial charge in [0.15, 0.2) is 0 Å². The molecular formula is C14H16BrN3O. The molecule has 4 nitrogen and oxygen atoms in total. The van der Waals surface area contributed by atoms with Crippen molar-refractivity contribution < 1.29 is 4.74 Å². The van der Waals surface area contributed by atoms with Crippen LogP contribution in [-0.2, 0) is 0 Å². The molecule has 0 aliphatic rings. The predicted octanol–water partition coefficient (Wildman–Crippen LogP) is 3.23. The van der Waals surface area contributed by atoms with E-state index in [1.807, 2.05) is 31.2 Å². The normalized spacial score (nSPS) is 10.2. The molecular weight excluding hydrogens is 306 g/mol. The van der Waals surface area contributed by atoms with E-state index in [9.17, 15) is 0 Å². The molecule has 0 fully saturated rings. The van der Waals surface area contributed by atoms with Crippen LogP contribution in [0.25, 0.3) is 0 Å². The number of nitrogens with zero attached hydrogens (tertiary/aromatic N) is 1. The lowest BCUT2D eigenvalue weighted by Crippen LogP contribution is -2.13. The van der Waals surface area contributed by atoms with Crippen molar-refractivity contribution >= 4 is 27.3 Å². The number of hydrogen-bond donors (Lipinski definition) is 2. The Hall–Kier alpha value is -1.75. The van der Waals surface area contributed by atoms with Gasteiger partial charge >= 0.3 is 0 Å². The molecule has 0 saturated heterocycles. The quantitative estimate of drug-likeness (QED) is 0.830. The molecule has 5 heteroatoms. The third-order valence-corrected chi connectivity index (χ3v) is 3.19. The number of rotatable bonds is 5. The number of halogens is 1. The van der Waals surface area contributed by atoms with E-state index in [4.69, 9.17) is 10.5 Å². The van der Waals surface area contributed by atoms with Crippen LogP contribution in [0.5, 0.6) is 5.75 Å². The third-order valence-electron chi connectivity index (χ3n) is 2.59. The van der Waals surface area contributed by atoms with Gasteiger partial charge in [0.2, 0.25) is 0 Å². The van der Waals surface area contributed by atoms with E-state index in [-0.39, 0.29) is 0 Å². The van der Waals surface area contributed by atoms with Crippen LogP contribution in [0.1, 0.15) is 5.56 Å².